The Morgan fingerprint density at radius 1 is 1.35 bits per heavy atom. The summed E-state index contributed by atoms with van der Waals surface area (Å²) in [6.07, 6.45) is 5.10. The van der Waals surface area contributed by atoms with E-state index in [0.29, 0.717) is 19.2 Å². The van der Waals surface area contributed by atoms with Crippen LogP contribution in [-0.4, -0.2) is 56.6 Å². The van der Waals surface area contributed by atoms with Gasteiger partial charge in [-0.1, -0.05) is 17.7 Å². The number of hydrogen-bond acceptors (Lipinski definition) is 5. The first-order valence-electron chi connectivity index (χ1n) is 8.15. The molecule has 2 aromatic rings. The zero-order valence-electron chi connectivity index (χ0n) is 13.5. The summed E-state index contributed by atoms with van der Waals surface area (Å²) < 4.78 is 7.53. The summed E-state index contributed by atoms with van der Waals surface area (Å²) in [5.41, 5.74) is 1.20. The van der Waals surface area contributed by atoms with Crippen LogP contribution < -0.4 is 4.74 Å². The number of aliphatic hydroxyl groups excluding tert-OH is 1. The van der Waals surface area contributed by atoms with Crippen LogP contribution in [0.4, 0.5) is 0 Å². The number of rotatable bonds is 7. The lowest BCUT2D eigenvalue weighted by atomic mass is 10.2. The summed E-state index contributed by atoms with van der Waals surface area (Å²) in [6.45, 7) is 4.83. The second kappa shape index (κ2) is 7.57. The van der Waals surface area contributed by atoms with Crippen molar-refractivity contribution in [1.82, 2.24) is 19.7 Å². The Morgan fingerprint density at radius 2 is 2.17 bits per heavy atom. The second-order valence-electron chi connectivity index (χ2n) is 6.19. The fraction of sp³-hybridized carbons (Fsp3) is 0.529. The second-order valence-corrected chi connectivity index (χ2v) is 6.19. The quantitative estimate of drug-likeness (QED) is 0.838. The molecule has 3 rings (SSSR count). The summed E-state index contributed by atoms with van der Waals surface area (Å²) >= 11 is 0. The van der Waals surface area contributed by atoms with Crippen molar-refractivity contribution in [2.24, 2.45) is 0 Å². The molecule has 0 spiro atoms. The van der Waals surface area contributed by atoms with Crippen LogP contribution in [0.15, 0.2) is 36.9 Å². The third-order valence-electron chi connectivity index (χ3n) is 4.27. The Labute approximate surface area is 136 Å². The maximum Gasteiger partial charge on any atom is 0.137 e. The lowest BCUT2D eigenvalue weighted by molar-refractivity contribution is 0.0609. The molecule has 23 heavy (non-hydrogen) atoms. The monoisotopic (exact) mass is 316 g/mol. The van der Waals surface area contributed by atoms with E-state index in [1.54, 1.807) is 12.7 Å². The Balaban J connectivity index is 1.46. The highest BCUT2D eigenvalue weighted by molar-refractivity contribution is 5.26. The average Bonchev–Trinajstić information content (AvgIpc) is 3.20. The average molecular weight is 316 g/mol. The topological polar surface area (TPSA) is 63.4 Å². The van der Waals surface area contributed by atoms with Crippen molar-refractivity contribution >= 4 is 0 Å². The lowest BCUT2D eigenvalue weighted by Gasteiger charge is -2.26. The molecule has 124 valence electrons. The predicted molar refractivity (Wildman–Crippen MR) is 87.3 cm³/mol. The third kappa shape index (κ3) is 4.53. The fourth-order valence-corrected chi connectivity index (χ4v) is 3.04. The molecule has 1 N–H and O–H groups in total. The van der Waals surface area contributed by atoms with Crippen molar-refractivity contribution in [2.45, 2.75) is 38.5 Å². The molecule has 6 nitrogen and oxygen atoms in total. The number of β-amino-alcohol motifs (C(OH)–C–C–N with tert-alkyl or cyclic N) is 1. The van der Waals surface area contributed by atoms with E-state index >= 15 is 0 Å². The van der Waals surface area contributed by atoms with Gasteiger partial charge < -0.3 is 9.84 Å². The van der Waals surface area contributed by atoms with Gasteiger partial charge in [0.15, 0.2) is 0 Å². The molecule has 1 fully saturated rings. The molecule has 0 amide bonds. The van der Waals surface area contributed by atoms with Gasteiger partial charge in [-0.3, -0.25) is 9.58 Å². The molecule has 0 bridgehead atoms. The summed E-state index contributed by atoms with van der Waals surface area (Å²) in [6, 6.07) is 8.30. The first-order chi connectivity index (χ1) is 11.2. The van der Waals surface area contributed by atoms with Crippen LogP contribution in [0.3, 0.4) is 0 Å². The summed E-state index contributed by atoms with van der Waals surface area (Å²) in [7, 11) is 0. The van der Waals surface area contributed by atoms with E-state index in [9.17, 15) is 5.11 Å². The molecular weight excluding hydrogens is 292 g/mol. The first-order valence-corrected chi connectivity index (χ1v) is 8.15. The van der Waals surface area contributed by atoms with Gasteiger partial charge in [0, 0.05) is 12.6 Å². The SMILES string of the molecule is Cc1ccc(OC[C@@H](O)CN2CCC[C@H]2Cn2cncn2)cc1. The number of likely N-dealkylation sites (tertiary alicyclic amines) is 1. The van der Waals surface area contributed by atoms with Crippen LogP contribution in [-0.2, 0) is 6.54 Å². The van der Waals surface area contributed by atoms with Gasteiger partial charge in [0.2, 0.25) is 0 Å². The highest BCUT2D eigenvalue weighted by Crippen LogP contribution is 2.19. The Hall–Kier alpha value is -1.92. The van der Waals surface area contributed by atoms with Gasteiger partial charge in [-0.05, 0) is 38.4 Å². The largest absolute Gasteiger partial charge is 0.491 e. The molecule has 6 heteroatoms. The molecule has 1 aromatic carbocycles. The van der Waals surface area contributed by atoms with Crippen molar-refractivity contribution in [2.75, 3.05) is 19.7 Å². The van der Waals surface area contributed by atoms with Crippen LogP contribution in [0.1, 0.15) is 18.4 Å². The van der Waals surface area contributed by atoms with Gasteiger partial charge in [-0.25, -0.2) is 4.98 Å². The number of aromatic nitrogens is 3. The number of nitrogens with zero attached hydrogens (tertiary/aromatic N) is 4. The van der Waals surface area contributed by atoms with Crippen LogP contribution >= 0.6 is 0 Å². The van der Waals surface area contributed by atoms with E-state index in [1.165, 1.54) is 5.56 Å². The molecule has 1 saturated heterocycles. The number of ether oxygens (including phenoxy) is 1. The smallest absolute Gasteiger partial charge is 0.137 e. The van der Waals surface area contributed by atoms with Gasteiger partial charge in [0.25, 0.3) is 0 Å². The molecule has 2 heterocycles. The van der Waals surface area contributed by atoms with Gasteiger partial charge in [-0.15, -0.1) is 0 Å². The van der Waals surface area contributed by atoms with Crippen LogP contribution in [0, 0.1) is 6.92 Å². The lowest BCUT2D eigenvalue weighted by Crippen LogP contribution is -2.40. The van der Waals surface area contributed by atoms with E-state index in [1.807, 2.05) is 35.9 Å². The number of hydrogen-bond donors (Lipinski definition) is 1. The molecule has 1 aliphatic heterocycles. The predicted octanol–water partition coefficient (Wildman–Crippen LogP) is 1.49. The highest BCUT2D eigenvalue weighted by Gasteiger charge is 2.26. The highest BCUT2D eigenvalue weighted by atomic mass is 16.5. The van der Waals surface area contributed by atoms with Crippen molar-refractivity contribution in [3.63, 3.8) is 0 Å². The number of aryl methyl sites for hydroxylation is 1. The molecule has 0 saturated carbocycles. The zero-order chi connectivity index (χ0) is 16.1. The molecule has 0 radical (unpaired) electrons. The minimum absolute atomic E-state index is 0.315. The number of aliphatic hydroxyl groups is 1. The summed E-state index contributed by atoms with van der Waals surface area (Å²) in [4.78, 5) is 6.31. The Kier molecular flexibility index (Phi) is 5.25. The first kappa shape index (κ1) is 16.0. The standard InChI is InChI=1S/C17H24N4O2/c1-14-4-6-17(7-5-14)23-11-16(22)10-20-8-2-3-15(20)9-21-13-18-12-19-21/h4-7,12-13,15-16,22H,2-3,8-11H2,1H3/t15-,16-/m0/s1. The summed E-state index contributed by atoms with van der Waals surface area (Å²) in [5, 5.41) is 14.4. The summed E-state index contributed by atoms with van der Waals surface area (Å²) in [5.74, 6) is 0.801. The maximum absolute atomic E-state index is 10.3. The van der Waals surface area contributed by atoms with Crippen LogP contribution in [0.25, 0.3) is 0 Å². The molecular formula is C17H24N4O2. The van der Waals surface area contributed by atoms with Gasteiger partial charge >= 0.3 is 0 Å². The zero-order valence-corrected chi connectivity index (χ0v) is 13.5. The minimum Gasteiger partial charge on any atom is -0.491 e. The van der Waals surface area contributed by atoms with E-state index in [4.69, 9.17) is 4.74 Å². The third-order valence-corrected chi connectivity index (χ3v) is 4.27. The van der Waals surface area contributed by atoms with Gasteiger partial charge in [0.1, 0.15) is 31.1 Å². The van der Waals surface area contributed by atoms with E-state index in [-0.39, 0.29) is 0 Å². The molecule has 2 atom stereocenters. The van der Waals surface area contributed by atoms with E-state index in [2.05, 4.69) is 15.0 Å². The van der Waals surface area contributed by atoms with Crippen molar-refractivity contribution in [3.05, 3.63) is 42.5 Å². The van der Waals surface area contributed by atoms with Crippen molar-refractivity contribution in [1.29, 1.82) is 0 Å². The Morgan fingerprint density at radius 3 is 2.91 bits per heavy atom. The van der Waals surface area contributed by atoms with Gasteiger partial charge in [-0.2, -0.15) is 5.10 Å². The Bertz CT molecular complexity index is 585. The van der Waals surface area contributed by atoms with Crippen LogP contribution in [0.2, 0.25) is 0 Å². The maximum atomic E-state index is 10.3. The van der Waals surface area contributed by atoms with E-state index < -0.39 is 6.10 Å². The van der Waals surface area contributed by atoms with Gasteiger partial charge in [0.05, 0.1) is 6.54 Å². The van der Waals surface area contributed by atoms with Crippen LogP contribution in [0.5, 0.6) is 5.75 Å². The fourth-order valence-electron chi connectivity index (χ4n) is 3.04. The molecule has 0 aliphatic carbocycles. The van der Waals surface area contributed by atoms with Crippen molar-refractivity contribution in [3.8, 4) is 5.75 Å². The van der Waals surface area contributed by atoms with E-state index in [0.717, 1.165) is 31.7 Å². The molecule has 1 aliphatic rings. The van der Waals surface area contributed by atoms with Crippen molar-refractivity contribution < 1.29 is 9.84 Å². The normalized spacial score (nSPS) is 19.8. The molecule has 1 aromatic heterocycles. The minimum atomic E-state index is -0.493. The molecule has 0 unspecified atom stereocenters. The number of benzene rings is 1.